The van der Waals surface area contributed by atoms with Crippen LogP contribution in [0.2, 0.25) is 0 Å². The Balaban J connectivity index is 1.64. The van der Waals surface area contributed by atoms with E-state index in [0.717, 1.165) is 10.1 Å². The highest BCUT2D eigenvalue weighted by Gasteiger charge is 2.28. The lowest BCUT2D eigenvalue weighted by Gasteiger charge is -2.24. The van der Waals surface area contributed by atoms with E-state index in [1.54, 1.807) is 30.0 Å². The topological polar surface area (TPSA) is 66.5 Å². The largest absolute Gasteiger partial charge is 0.354 e. The Hall–Kier alpha value is -2.84. The molecule has 3 aromatic carbocycles. The molecule has 0 aliphatic heterocycles. The van der Waals surface area contributed by atoms with Gasteiger partial charge in [0.25, 0.3) is 10.0 Å². The van der Waals surface area contributed by atoms with Gasteiger partial charge in [-0.3, -0.25) is 9.10 Å². The number of sulfonamides is 1. The summed E-state index contributed by atoms with van der Waals surface area (Å²) in [6, 6.07) is 21.3. The number of benzene rings is 3. The zero-order valence-corrected chi connectivity index (χ0v) is 19.3. The molecule has 0 atom stereocenters. The highest BCUT2D eigenvalue weighted by atomic mass is 32.2. The molecule has 0 radical (unpaired) electrons. The van der Waals surface area contributed by atoms with Gasteiger partial charge in [-0.05, 0) is 42.3 Å². The molecule has 0 spiro atoms. The van der Waals surface area contributed by atoms with E-state index in [0.29, 0.717) is 12.3 Å². The van der Waals surface area contributed by atoms with Crippen LogP contribution in [0.5, 0.6) is 0 Å². The average molecular weight is 473 g/mol. The molecule has 5 nitrogen and oxygen atoms in total. The molecule has 0 aliphatic carbocycles. The third-order valence-electron chi connectivity index (χ3n) is 4.83. The van der Waals surface area contributed by atoms with Crippen LogP contribution in [0.1, 0.15) is 11.1 Å². The lowest BCUT2D eigenvalue weighted by Crippen LogP contribution is -2.41. The van der Waals surface area contributed by atoms with E-state index in [1.165, 1.54) is 47.5 Å². The van der Waals surface area contributed by atoms with E-state index in [2.05, 4.69) is 24.4 Å². The number of para-hydroxylation sites is 1. The molecule has 0 heterocycles. The Morgan fingerprint density at radius 2 is 1.62 bits per heavy atom. The smallest absolute Gasteiger partial charge is 0.264 e. The number of thioether (sulfide) groups is 1. The number of nitrogens with one attached hydrogen (secondary N) is 1. The van der Waals surface area contributed by atoms with Crippen molar-refractivity contribution in [1.82, 2.24) is 5.32 Å². The van der Waals surface area contributed by atoms with E-state index in [-0.39, 0.29) is 10.6 Å². The fourth-order valence-electron chi connectivity index (χ4n) is 3.08. The first kappa shape index (κ1) is 23.8. The summed E-state index contributed by atoms with van der Waals surface area (Å²) in [7, 11) is -4.12. The number of hydrogen-bond donors (Lipinski definition) is 1. The molecule has 8 heteroatoms. The van der Waals surface area contributed by atoms with Crippen LogP contribution in [-0.4, -0.2) is 33.2 Å². The summed E-state index contributed by atoms with van der Waals surface area (Å²) < 4.78 is 41.6. The molecule has 1 N–H and O–H groups in total. The Morgan fingerprint density at radius 3 is 2.34 bits per heavy atom. The van der Waals surface area contributed by atoms with Crippen molar-refractivity contribution in [2.75, 3.05) is 23.1 Å². The van der Waals surface area contributed by atoms with Crippen molar-refractivity contribution >= 4 is 33.4 Å². The van der Waals surface area contributed by atoms with Gasteiger partial charge >= 0.3 is 0 Å². The van der Waals surface area contributed by atoms with Gasteiger partial charge in [-0.1, -0.05) is 54.6 Å². The van der Waals surface area contributed by atoms with Crippen LogP contribution in [0.25, 0.3) is 0 Å². The molecule has 0 aliphatic rings. The number of anilines is 1. The minimum Gasteiger partial charge on any atom is -0.354 e. The number of carbonyl (C=O) groups excluding carboxylic acids is 1. The number of hydrogen-bond acceptors (Lipinski definition) is 4. The van der Waals surface area contributed by atoms with Crippen molar-refractivity contribution in [1.29, 1.82) is 0 Å². The van der Waals surface area contributed by atoms with Crippen molar-refractivity contribution in [3.63, 3.8) is 0 Å². The van der Waals surface area contributed by atoms with Crippen LogP contribution in [0.15, 0.2) is 83.8 Å². The zero-order valence-electron chi connectivity index (χ0n) is 17.7. The number of halogens is 1. The monoisotopic (exact) mass is 472 g/mol. The van der Waals surface area contributed by atoms with Crippen LogP contribution in [0.4, 0.5) is 10.1 Å². The molecule has 0 bridgehead atoms. The van der Waals surface area contributed by atoms with Crippen LogP contribution in [0.3, 0.4) is 0 Å². The maximum atomic E-state index is 14.4. The average Bonchev–Trinajstić information content (AvgIpc) is 2.79. The maximum absolute atomic E-state index is 14.4. The SMILES string of the molecule is Cc1ccccc1CSCCNC(=O)CN(c1ccccc1F)S(=O)(=O)c1ccccc1. The predicted octanol–water partition coefficient (Wildman–Crippen LogP) is 4.38. The van der Waals surface area contributed by atoms with E-state index >= 15 is 0 Å². The van der Waals surface area contributed by atoms with Gasteiger partial charge in [0.15, 0.2) is 0 Å². The van der Waals surface area contributed by atoms with Crippen LogP contribution in [0, 0.1) is 12.7 Å². The summed E-state index contributed by atoms with van der Waals surface area (Å²) in [5.41, 5.74) is 2.29. The number of rotatable bonds is 10. The lowest BCUT2D eigenvalue weighted by molar-refractivity contribution is -0.119. The van der Waals surface area contributed by atoms with Gasteiger partial charge in [0.05, 0.1) is 10.6 Å². The second kappa shape index (κ2) is 11.2. The van der Waals surface area contributed by atoms with Gasteiger partial charge in [-0.25, -0.2) is 12.8 Å². The van der Waals surface area contributed by atoms with Crippen molar-refractivity contribution in [3.05, 3.63) is 95.8 Å². The molecule has 3 aromatic rings. The maximum Gasteiger partial charge on any atom is 0.264 e. The summed E-state index contributed by atoms with van der Waals surface area (Å²) >= 11 is 1.68. The lowest BCUT2D eigenvalue weighted by atomic mass is 10.1. The molecule has 0 unspecified atom stereocenters. The second-order valence-electron chi connectivity index (χ2n) is 7.11. The summed E-state index contributed by atoms with van der Waals surface area (Å²) in [4.78, 5) is 12.5. The zero-order chi connectivity index (χ0) is 23.0. The molecule has 168 valence electrons. The number of nitrogens with zero attached hydrogens (tertiary/aromatic N) is 1. The molecule has 32 heavy (non-hydrogen) atoms. The van der Waals surface area contributed by atoms with E-state index in [1.807, 2.05) is 12.1 Å². The third-order valence-corrected chi connectivity index (χ3v) is 7.61. The first-order valence-corrected chi connectivity index (χ1v) is 12.7. The molecule has 0 saturated carbocycles. The molecule has 0 saturated heterocycles. The highest BCUT2D eigenvalue weighted by molar-refractivity contribution is 7.98. The normalized spacial score (nSPS) is 11.2. The van der Waals surface area contributed by atoms with Crippen LogP contribution >= 0.6 is 11.8 Å². The van der Waals surface area contributed by atoms with E-state index in [4.69, 9.17) is 0 Å². The second-order valence-corrected chi connectivity index (χ2v) is 10.1. The van der Waals surface area contributed by atoms with Gasteiger partial charge in [-0.15, -0.1) is 0 Å². The van der Waals surface area contributed by atoms with Crippen molar-refractivity contribution < 1.29 is 17.6 Å². The van der Waals surface area contributed by atoms with E-state index in [9.17, 15) is 17.6 Å². The number of aryl methyl sites for hydroxylation is 1. The van der Waals surface area contributed by atoms with Crippen molar-refractivity contribution in [3.8, 4) is 0 Å². The third kappa shape index (κ3) is 6.11. The molecule has 3 rings (SSSR count). The van der Waals surface area contributed by atoms with Gasteiger partial charge in [0.2, 0.25) is 5.91 Å². The summed E-state index contributed by atoms with van der Waals surface area (Å²) in [6.07, 6.45) is 0. The van der Waals surface area contributed by atoms with Crippen LogP contribution < -0.4 is 9.62 Å². The molecule has 1 amide bonds. The molecular weight excluding hydrogens is 447 g/mol. The molecule has 0 aromatic heterocycles. The van der Waals surface area contributed by atoms with Gasteiger partial charge in [0, 0.05) is 18.1 Å². The Labute approximate surface area is 192 Å². The van der Waals surface area contributed by atoms with E-state index < -0.39 is 28.3 Å². The van der Waals surface area contributed by atoms with Gasteiger partial charge < -0.3 is 5.32 Å². The summed E-state index contributed by atoms with van der Waals surface area (Å²) in [6.45, 7) is 1.93. The number of carbonyl (C=O) groups is 1. The Bertz CT molecular complexity index is 1150. The predicted molar refractivity (Wildman–Crippen MR) is 128 cm³/mol. The fraction of sp³-hybridized carbons (Fsp3) is 0.208. The van der Waals surface area contributed by atoms with Crippen molar-refractivity contribution in [2.24, 2.45) is 0 Å². The first-order valence-electron chi connectivity index (χ1n) is 10.1. The molecule has 0 fully saturated rings. The van der Waals surface area contributed by atoms with Crippen molar-refractivity contribution in [2.45, 2.75) is 17.6 Å². The Morgan fingerprint density at radius 1 is 0.969 bits per heavy atom. The number of amides is 1. The Kier molecular flexibility index (Phi) is 8.30. The van der Waals surface area contributed by atoms with Gasteiger partial charge in [-0.2, -0.15) is 11.8 Å². The molecular formula is C24H25FN2O3S2. The van der Waals surface area contributed by atoms with Gasteiger partial charge in [0.1, 0.15) is 12.4 Å². The fourth-order valence-corrected chi connectivity index (χ4v) is 5.46. The standard InChI is InChI=1S/C24H25FN2O3S2/c1-19-9-5-6-10-20(19)18-31-16-15-26-24(28)17-27(23-14-8-7-13-22(23)25)32(29,30)21-11-3-2-4-12-21/h2-14H,15-18H2,1H3,(H,26,28). The minimum atomic E-state index is -4.12. The minimum absolute atomic E-state index is 0.00941. The highest BCUT2D eigenvalue weighted by Crippen LogP contribution is 2.26. The quantitative estimate of drug-likeness (QED) is 0.445. The van der Waals surface area contributed by atoms with Crippen LogP contribution in [-0.2, 0) is 20.6 Å². The summed E-state index contributed by atoms with van der Waals surface area (Å²) in [5.74, 6) is 0.287. The summed E-state index contributed by atoms with van der Waals surface area (Å²) in [5, 5.41) is 2.74. The first-order chi connectivity index (χ1) is 15.4.